The summed E-state index contributed by atoms with van der Waals surface area (Å²) in [7, 11) is 0. The average molecular weight is 263 g/mol. The second kappa shape index (κ2) is 4.87. The molecule has 0 aromatic carbocycles. The first-order valence-electron chi connectivity index (χ1n) is 6.12. The number of nitrogens with one attached hydrogen (secondary N) is 2. The molecule has 1 aliphatic rings. The maximum atomic E-state index is 11.7. The van der Waals surface area contributed by atoms with Crippen molar-refractivity contribution >= 4 is 17.7 Å². The summed E-state index contributed by atoms with van der Waals surface area (Å²) in [5.74, 6) is -0.165. The number of aromatic nitrogens is 1. The Bertz CT molecular complexity index is 520. The first kappa shape index (κ1) is 13.3. The second-order valence-electron chi connectivity index (χ2n) is 5.35. The molecule has 1 aliphatic heterocycles. The van der Waals surface area contributed by atoms with Crippen LogP contribution in [0, 0.1) is 0 Å². The van der Waals surface area contributed by atoms with Gasteiger partial charge >= 0.3 is 6.09 Å². The Hall–Kier alpha value is -2.11. The summed E-state index contributed by atoms with van der Waals surface area (Å²) < 4.78 is 5.13. The van der Waals surface area contributed by atoms with E-state index in [4.69, 9.17) is 4.74 Å². The van der Waals surface area contributed by atoms with Crippen LogP contribution < -0.4 is 10.6 Å². The summed E-state index contributed by atoms with van der Waals surface area (Å²) in [4.78, 5) is 27.5. The van der Waals surface area contributed by atoms with Crippen molar-refractivity contribution in [1.29, 1.82) is 0 Å². The Morgan fingerprint density at radius 2 is 2.21 bits per heavy atom. The lowest BCUT2D eigenvalue weighted by atomic mass is 10.1. The normalized spacial score (nSPS) is 14.4. The van der Waals surface area contributed by atoms with E-state index in [-0.39, 0.29) is 5.91 Å². The van der Waals surface area contributed by atoms with E-state index in [1.807, 2.05) is 0 Å². The number of anilines is 1. The van der Waals surface area contributed by atoms with Crippen LogP contribution in [0.15, 0.2) is 12.3 Å². The van der Waals surface area contributed by atoms with Gasteiger partial charge in [0.2, 0.25) is 0 Å². The average Bonchev–Trinajstić information content (AvgIpc) is 2.27. The van der Waals surface area contributed by atoms with Gasteiger partial charge < -0.3 is 10.1 Å². The SMILES string of the molecule is CC(C)(C)OC(=O)Nc1cnc2c(c1)C(=O)NCC2. The molecule has 0 saturated heterocycles. The molecule has 2 rings (SSSR count). The van der Waals surface area contributed by atoms with Crippen molar-refractivity contribution in [2.45, 2.75) is 32.8 Å². The number of hydrogen-bond donors (Lipinski definition) is 2. The fourth-order valence-corrected chi connectivity index (χ4v) is 1.77. The standard InChI is InChI=1S/C13H17N3O3/c1-13(2,3)19-12(18)16-8-6-9-10(15-7-8)4-5-14-11(9)17/h6-7H,4-5H2,1-3H3,(H,14,17)(H,16,18). The maximum Gasteiger partial charge on any atom is 0.412 e. The number of amides is 2. The molecule has 2 heterocycles. The van der Waals surface area contributed by atoms with E-state index in [9.17, 15) is 9.59 Å². The number of fused-ring (bicyclic) bond motifs is 1. The van der Waals surface area contributed by atoms with E-state index in [1.165, 1.54) is 6.20 Å². The molecular weight excluding hydrogens is 246 g/mol. The number of hydrogen-bond acceptors (Lipinski definition) is 4. The van der Waals surface area contributed by atoms with Crippen molar-refractivity contribution in [2.75, 3.05) is 11.9 Å². The van der Waals surface area contributed by atoms with Crippen LogP contribution in [0.3, 0.4) is 0 Å². The van der Waals surface area contributed by atoms with Crippen LogP contribution in [-0.2, 0) is 11.2 Å². The second-order valence-corrected chi connectivity index (χ2v) is 5.35. The number of carbonyl (C=O) groups is 2. The molecule has 2 N–H and O–H groups in total. The van der Waals surface area contributed by atoms with Gasteiger partial charge in [-0.25, -0.2) is 4.79 Å². The third-order valence-electron chi connectivity index (χ3n) is 2.51. The quantitative estimate of drug-likeness (QED) is 0.808. The minimum absolute atomic E-state index is 0.165. The molecule has 1 aromatic heterocycles. The molecule has 0 saturated carbocycles. The molecule has 6 nitrogen and oxygen atoms in total. The largest absolute Gasteiger partial charge is 0.444 e. The highest BCUT2D eigenvalue weighted by Gasteiger charge is 2.20. The molecule has 102 valence electrons. The first-order valence-corrected chi connectivity index (χ1v) is 6.12. The summed E-state index contributed by atoms with van der Waals surface area (Å²) in [5.41, 5.74) is 1.13. The van der Waals surface area contributed by atoms with E-state index in [0.29, 0.717) is 24.2 Å². The first-order chi connectivity index (χ1) is 8.85. The summed E-state index contributed by atoms with van der Waals surface area (Å²) >= 11 is 0. The third kappa shape index (κ3) is 3.43. The van der Waals surface area contributed by atoms with Crippen LogP contribution in [0.25, 0.3) is 0 Å². The summed E-state index contributed by atoms with van der Waals surface area (Å²) in [6.45, 7) is 5.94. The molecule has 0 aliphatic carbocycles. The zero-order valence-corrected chi connectivity index (χ0v) is 11.2. The maximum absolute atomic E-state index is 11.7. The van der Waals surface area contributed by atoms with Gasteiger partial charge in [-0.2, -0.15) is 0 Å². The monoisotopic (exact) mass is 263 g/mol. The van der Waals surface area contributed by atoms with Gasteiger partial charge in [0.25, 0.3) is 5.91 Å². The van der Waals surface area contributed by atoms with E-state index < -0.39 is 11.7 Å². The van der Waals surface area contributed by atoms with Crippen molar-refractivity contribution in [2.24, 2.45) is 0 Å². The molecule has 6 heteroatoms. The lowest BCUT2D eigenvalue weighted by Gasteiger charge is -2.20. The highest BCUT2D eigenvalue weighted by atomic mass is 16.6. The van der Waals surface area contributed by atoms with E-state index in [0.717, 1.165) is 5.69 Å². The van der Waals surface area contributed by atoms with Crippen molar-refractivity contribution in [3.05, 3.63) is 23.5 Å². The molecule has 0 bridgehead atoms. The van der Waals surface area contributed by atoms with E-state index >= 15 is 0 Å². The highest BCUT2D eigenvalue weighted by Crippen LogP contribution is 2.17. The van der Waals surface area contributed by atoms with Gasteiger partial charge in [0.1, 0.15) is 5.60 Å². The van der Waals surface area contributed by atoms with Crippen LogP contribution in [0.2, 0.25) is 0 Å². The number of nitrogens with zero attached hydrogens (tertiary/aromatic N) is 1. The number of ether oxygens (including phenoxy) is 1. The molecule has 0 radical (unpaired) electrons. The van der Waals surface area contributed by atoms with E-state index in [2.05, 4.69) is 15.6 Å². The third-order valence-corrected chi connectivity index (χ3v) is 2.51. The van der Waals surface area contributed by atoms with Gasteiger partial charge in [-0.3, -0.25) is 15.1 Å². The van der Waals surface area contributed by atoms with Gasteiger partial charge in [0, 0.05) is 13.0 Å². The van der Waals surface area contributed by atoms with Crippen LogP contribution in [0.5, 0.6) is 0 Å². The molecule has 0 spiro atoms. The van der Waals surface area contributed by atoms with Crippen molar-refractivity contribution in [1.82, 2.24) is 10.3 Å². The minimum Gasteiger partial charge on any atom is -0.444 e. The summed E-state index contributed by atoms with van der Waals surface area (Å²) in [5, 5.41) is 5.30. The molecular formula is C13H17N3O3. The van der Waals surface area contributed by atoms with Crippen LogP contribution in [0.1, 0.15) is 36.8 Å². The van der Waals surface area contributed by atoms with Gasteiger partial charge in [-0.15, -0.1) is 0 Å². The minimum atomic E-state index is -0.566. The fraction of sp³-hybridized carbons (Fsp3) is 0.462. The summed E-state index contributed by atoms with van der Waals surface area (Å²) in [6, 6.07) is 1.61. The predicted molar refractivity (Wildman–Crippen MR) is 70.1 cm³/mol. The predicted octanol–water partition coefficient (Wildman–Crippen LogP) is 1.71. The topological polar surface area (TPSA) is 80.3 Å². The highest BCUT2D eigenvalue weighted by molar-refractivity contribution is 5.97. The zero-order valence-electron chi connectivity index (χ0n) is 11.2. The van der Waals surface area contributed by atoms with Crippen LogP contribution in [-0.4, -0.2) is 29.1 Å². The lowest BCUT2D eigenvalue weighted by Crippen LogP contribution is -2.32. The Morgan fingerprint density at radius 1 is 1.47 bits per heavy atom. The number of pyridine rings is 1. The molecule has 0 atom stereocenters. The Labute approximate surface area is 111 Å². The van der Waals surface area contributed by atoms with Crippen LogP contribution in [0.4, 0.5) is 10.5 Å². The Kier molecular flexibility index (Phi) is 3.42. The molecule has 0 unspecified atom stereocenters. The molecule has 0 fully saturated rings. The summed E-state index contributed by atoms with van der Waals surface area (Å²) in [6.07, 6.45) is 1.67. The van der Waals surface area contributed by atoms with Gasteiger partial charge in [-0.05, 0) is 26.8 Å². The van der Waals surface area contributed by atoms with Gasteiger partial charge in [0.15, 0.2) is 0 Å². The Morgan fingerprint density at radius 3 is 2.89 bits per heavy atom. The van der Waals surface area contributed by atoms with Crippen molar-refractivity contribution in [3.8, 4) is 0 Å². The smallest absolute Gasteiger partial charge is 0.412 e. The van der Waals surface area contributed by atoms with Crippen molar-refractivity contribution in [3.63, 3.8) is 0 Å². The van der Waals surface area contributed by atoms with E-state index in [1.54, 1.807) is 26.8 Å². The number of carbonyl (C=O) groups excluding carboxylic acids is 2. The number of rotatable bonds is 1. The van der Waals surface area contributed by atoms with Crippen LogP contribution >= 0.6 is 0 Å². The Balaban J connectivity index is 2.12. The molecule has 2 amide bonds. The van der Waals surface area contributed by atoms with Gasteiger partial charge in [0.05, 0.1) is 23.1 Å². The zero-order chi connectivity index (χ0) is 14.0. The molecule has 1 aromatic rings. The van der Waals surface area contributed by atoms with Gasteiger partial charge in [-0.1, -0.05) is 0 Å². The fourth-order valence-electron chi connectivity index (χ4n) is 1.77. The lowest BCUT2D eigenvalue weighted by molar-refractivity contribution is 0.0635. The molecule has 19 heavy (non-hydrogen) atoms. The van der Waals surface area contributed by atoms with Crippen molar-refractivity contribution < 1.29 is 14.3 Å².